The Balaban J connectivity index is 2.50. The summed E-state index contributed by atoms with van der Waals surface area (Å²) in [5, 5.41) is 41.9. The molecule has 2 aromatic rings. The van der Waals surface area contributed by atoms with Gasteiger partial charge in [0.05, 0.1) is 32.1 Å². The number of amides is 9. The first-order valence-corrected chi connectivity index (χ1v) is 28.6. The van der Waals surface area contributed by atoms with Gasteiger partial charge in [-0.3, -0.25) is 62.7 Å². The standard InChI is InChI=1S/C49H82N21O16P/c1-25(2)37(70-38(73)26(3)50)45(80)61-21-36(72)63-29(12-7-15-58-47(51)52)39(74)67-33(19-28-20-57-24-62-28)42(77)68-34(22-71)43(78)66-32(18-27-10-5-4-6-11-27)41(76)69-35(23-86-87(83,84)85)44(79)64-30(13-8-16-59-48(53)54)40(75)65-31(46(81)82)14-9-17-60-49(55)56/h4-6,10-11,20,24-26,29-35,37,71H,7-9,12-19,21-23,50H2,1-3H3,(H,57,62)(H,61,80)(H,63,72)(H,64,79)(H,65,75)(H,66,78)(H,67,74)(H,68,77)(H,69,76)(H,70,73)(H,81,82)(H4,51,52,58)(H4,53,54,59)(H4,55,56,60)(H2,83,84,85)/t26-,29-,30-,31-,32-,33-,34-,35-,37-/m0/s1. The van der Waals surface area contributed by atoms with Gasteiger partial charge in [-0.2, -0.15) is 0 Å². The number of aliphatic carboxylic acids is 1. The topological polar surface area (TPSA) is 634 Å². The molecule has 0 spiro atoms. The van der Waals surface area contributed by atoms with Gasteiger partial charge < -0.3 is 113 Å². The number of guanidine groups is 3. The van der Waals surface area contributed by atoms with Crippen LogP contribution in [0.2, 0.25) is 0 Å². The van der Waals surface area contributed by atoms with Gasteiger partial charge in [0.1, 0.15) is 48.3 Å². The van der Waals surface area contributed by atoms with Gasteiger partial charge in [-0.15, -0.1) is 0 Å². The lowest BCUT2D eigenvalue weighted by atomic mass is 10.0. The number of phosphoric acid groups is 1. The van der Waals surface area contributed by atoms with E-state index in [4.69, 9.17) is 40.1 Å². The highest BCUT2D eigenvalue weighted by molar-refractivity contribution is 7.46. The van der Waals surface area contributed by atoms with Crippen molar-refractivity contribution in [3.05, 3.63) is 54.1 Å². The lowest BCUT2D eigenvalue weighted by Gasteiger charge is -2.27. The molecule has 1 heterocycles. The van der Waals surface area contributed by atoms with Gasteiger partial charge in [0, 0.05) is 44.4 Å². The Bertz CT molecular complexity index is 2740. The molecule has 0 aliphatic heterocycles. The number of aliphatic imine (C=N–C) groups is 3. The number of carboxylic acids is 1. The number of benzene rings is 1. The molecule has 38 heteroatoms. The maximum absolute atomic E-state index is 14.3. The van der Waals surface area contributed by atoms with Crippen LogP contribution in [0.1, 0.15) is 70.6 Å². The summed E-state index contributed by atoms with van der Waals surface area (Å²) >= 11 is 0. The SMILES string of the molecule is CC(C)[C@H](NC(=O)[C@H](C)N)C(=O)NCC(=O)N[C@@H](CCCN=C(N)N)C(=O)N[C@@H](Cc1cnc[nH]1)C(=O)N[C@@H](CO)C(=O)N[C@@H](Cc1ccccc1)C(=O)N[C@@H](COP(=O)(O)O)C(=O)N[C@@H](CCCN=C(N)N)C(=O)N[C@@H](CCCN=C(N)N)C(=O)O. The number of imidazole rings is 1. The van der Waals surface area contributed by atoms with E-state index in [1.807, 2.05) is 0 Å². The molecule has 87 heavy (non-hydrogen) atoms. The zero-order valence-electron chi connectivity index (χ0n) is 48.2. The first-order chi connectivity index (χ1) is 40.9. The summed E-state index contributed by atoms with van der Waals surface area (Å²) in [5.41, 5.74) is 38.7. The third-order valence-corrected chi connectivity index (χ3v) is 12.7. The maximum atomic E-state index is 14.3. The van der Waals surface area contributed by atoms with Crippen LogP contribution < -0.4 is 88.0 Å². The summed E-state index contributed by atoms with van der Waals surface area (Å²) in [5.74, 6) is -11.9. The summed E-state index contributed by atoms with van der Waals surface area (Å²) in [6, 6.07) is -6.13. The number of phosphoric ester groups is 1. The molecule has 9 amide bonds. The number of aromatic nitrogens is 2. The van der Waals surface area contributed by atoms with E-state index in [1.54, 1.807) is 44.2 Å². The highest BCUT2D eigenvalue weighted by atomic mass is 31.2. The van der Waals surface area contributed by atoms with E-state index < -0.39 is 147 Å². The molecule has 0 aliphatic rings. The van der Waals surface area contributed by atoms with E-state index in [9.17, 15) is 72.5 Å². The van der Waals surface area contributed by atoms with Gasteiger partial charge in [0.25, 0.3) is 0 Å². The number of H-pyrrole nitrogens is 1. The van der Waals surface area contributed by atoms with Crippen molar-refractivity contribution in [1.82, 2.24) is 57.8 Å². The second kappa shape index (κ2) is 38.1. The normalized spacial score (nSPS) is 14.2. The quantitative estimate of drug-likeness (QED) is 0.0128. The number of nitrogens with one attached hydrogen (secondary N) is 10. The minimum Gasteiger partial charge on any atom is -0.480 e. The molecule has 0 bridgehead atoms. The van der Waals surface area contributed by atoms with Crippen molar-refractivity contribution < 1.29 is 77.0 Å². The molecule has 0 aliphatic carbocycles. The average molecular weight is 1250 g/mol. The van der Waals surface area contributed by atoms with Gasteiger partial charge in [-0.05, 0) is 56.9 Å². The molecule has 0 saturated heterocycles. The molecule has 28 N–H and O–H groups in total. The number of aromatic amines is 1. The Morgan fingerprint density at radius 2 is 1.02 bits per heavy atom. The molecule has 2 rings (SSSR count). The Morgan fingerprint density at radius 1 is 0.586 bits per heavy atom. The van der Waals surface area contributed by atoms with Crippen LogP contribution in [-0.2, 0) is 69.9 Å². The van der Waals surface area contributed by atoms with Crippen molar-refractivity contribution in [2.24, 2.45) is 61.0 Å². The van der Waals surface area contributed by atoms with Crippen LogP contribution in [0.4, 0.5) is 0 Å². The summed E-state index contributed by atoms with van der Waals surface area (Å²) < 4.78 is 16.6. The molecule has 37 nitrogen and oxygen atoms in total. The minimum absolute atomic E-state index is 0.00162. The Labute approximate surface area is 499 Å². The fraction of sp³-hybridized carbons (Fsp3) is 0.551. The number of carboxylic acid groups (broad SMARTS) is 1. The highest BCUT2D eigenvalue weighted by Gasteiger charge is 2.36. The molecular weight excluding hydrogens is 1170 g/mol. The number of aliphatic hydroxyl groups is 1. The largest absolute Gasteiger partial charge is 0.480 e. The van der Waals surface area contributed by atoms with E-state index >= 15 is 0 Å². The van der Waals surface area contributed by atoms with E-state index in [0.29, 0.717) is 5.56 Å². The molecule has 9 atom stereocenters. The van der Waals surface area contributed by atoms with E-state index in [2.05, 4.69) is 77.3 Å². The summed E-state index contributed by atoms with van der Waals surface area (Å²) in [4.78, 5) is 173. The fourth-order valence-electron chi connectivity index (χ4n) is 7.72. The van der Waals surface area contributed by atoms with E-state index in [-0.39, 0.29) is 94.6 Å². The number of rotatable bonds is 40. The monoisotopic (exact) mass is 1250 g/mol. The maximum Gasteiger partial charge on any atom is 0.469 e. The van der Waals surface area contributed by atoms with Crippen LogP contribution >= 0.6 is 7.82 Å². The van der Waals surface area contributed by atoms with E-state index in [0.717, 1.165) is 0 Å². The van der Waals surface area contributed by atoms with Crippen LogP contribution in [0.3, 0.4) is 0 Å². The number of hydrogen-bond acceptors (Lipinski definition) is 18. The zero-order chi connectivity index (χ0) is 65.4. The number of carbonyl (C=O) groups is 10. The molecule has 1 aromatic carbocycles. The number of hydrogen-bond donors (Lipinski definition) is 21. The predicted molar refractivity (Wildman–Crippen MR) is 312 cm³/mol. The van der Waals surface area contributed by atoms with Crippen LogP contribution in [0.15, 0.2) is 57.8 Å². The number of nitrogens with two attached hydrogens (primary N) is 7. The number of carbonyl (C=O) groups excluding carboxylic acids is 9. The minimum atomic E-state index is -5.41. The third-order valence-electron chi connectivity index (χ3n) is 12.2. The van der Waals surface area contributed by atoms with Crippen LogP contribution in [0.25, 0.3) is 0 Å². The molecule has 0 unspecified atom stereocenters. The molecule has 0 radical (unpaired) electrons. The van der Waals surface area contributed by atoms with Crippen molar-refractivity contribution in [2.75, 3.05) is 39.4 Å². The van der Waals surface area contributed by atoms with Crippen LogP contribution in [-0.4, -0.2) is 201 Å². The van der Waals surface area contributed by atoms with Gasteiger partial charge in [0.15, 0.2) is 17.9 Å². The zero-order valence-corrected chi connectivity index (χ0v) is 49.1. The van der Waals surface area contributed by atoms with Gasteiger partial charge in [-0.1, -0.05) is 44.2 Å². The first-order valence-electron chi connectivity index (χ1n) is 27.1. The molecule has 0 fully saturated rings. The van der Waals surface area contributed by atoms with Crippen molar-refractivity contribution >= 4 is 84.8 Å². The fourth-order valence-corrected chi connectivity index (χ4v) is 8.06. The molecule has 1 aromatic heterocycles. The molecule has 0 saturated carbocycles. The highest BCUT2D eigenvalue weighted by Crippen LogP contribution is 2.35. The lowest BCUT2D eigenvalue weighted by molar-refractivity contribution is -0.142. The summed E-state index contributed by atoms with van der Waals surface area (Å²) in [6.45, 7) is 1.52. The smallest absolute Gasteiger partial charge is 0.469 e. The average Bonchev–Trinajstić information content (AvgIpc) is 4.09. The van der Waals surface area contributed by atoms with Crippen molar-refractivity contribution in [3.8, 4) is 0 Å². The van der Waals surface area contributed by atoms with E-state index in [1.165, 1.54) is 19.4 Å². The Kier molecular flexibility index (Phi) is 32.4. The second-order valence-electron chi connectivity index (χ2n) is 19.8. The molecular formula is C49H82N21O16P. The lowest BCUT2D eigenvalue weighted by Crippen LogP contribution is -2.61. The Morgan fingerprint density at radius 3 is 1.48 bits per heavy atom. The predicted octanol–water partition coefficient (Wildman–Crippen LogP) is -8.46. The second-order valence-corrected chi connectivity index (χ2v) is 21.1. The van der Waals surface area contributed by atoms with Crippen molar-refractivity contribution in [1.29, 1.82) is 0 Å². The summed E-state index contributed by atoms with van der Waals surface area (Å²) in [6.07, 6.45) is 1.40. The van der Waals surface area contributed by atoms with Crippen LogP contribution in [0, 0.1) is 5.92 Å². The van der Waals surface area contributed by atoms with Gasteiger partial charge in [-0.25, -0.2) is 14.3 Å². The van der Waals surface area contributed by atoms with Gasteiger partial charge in [0.2, 0.25) is 53.2 Å². The third kappa shape index (κ3) is 30.1. The first kappa shape index (κ1) is 74.1. The Hall–Kier alpha value is -9.03. The number of aliphatic hydroxyl groups excluding tert-OH is 1. The summed E-state index contributed by atoms with van der Waals surface area (Å²) in [7, 11) is -5.41. The molecule has 484 valence electrons. The van der Waals surface area contributed by atoms with Crippen molar-refractivity contribution in [2.45, 2.75) is 127 Å². The van der Waals surface area contributed by atoms with Crippen molar-refractivity contribution in [3.63, 3.8) is 0 Å². The van der Waals surface area contributed by atoms with Crippen LogP contribution in [0.5, 0.6) is 0 Å². The number of nitrogens with zero attached hydrogens (tertiary/aromatic N) is 4. The van der Waals surface area contributed by atoms with Gasteiger partial charge >= 0.3 is 13.8 Å².